The van der Waals surface area contributed by atoms with Gasteiger partial charge >= 0.3 is 0 Å². The van der Waals surface area contributed by atoms with Gasteiger partial charge in [-0.25, -0.2) is 0 Å². The van der Waals surface area contributed by atoms with Crippen molar-refractivity contribution in [1.82, 2.24) is 0 Å². The lowest BCUT2D eigenvalue weighted by atomic mass is 10.1. The fourth-order valence-electron chi connectivity index (χ4n) is 0.893. The molecule has 0 saturated carbocycles. The summed E-state index contributed by atoms with van der Waals surface area (Å²) in [6.45, 7) is 9.26. The number of hydrogen-bond acceptors (Lipinski definition) is 1. The van der Waals surface area contributed by atoms with E-state index in [0.717, 1.165) is 16.9 Å². The van der Waals surface area contributed by atoms with Crippen LogP contribution in [-0.4, -0.2) is 0 Å². The van der Waals surface area contributed by atoms with Crippen LogP contribution in [0, 0.1) is 6.92 Å². The van der Waals surface area contributed by atoms with Gasteiger partial charge < -0.3 is 4.42 Å². The van der Waals surface area contributed by atoms with Crippen molar-refractivity contribution < 1.29 is 4.42 Å². The molecule has 0 aliphatic heterocycles. The Morgan fingerprint density at radius 1 is 1.40 bits per heavy atom. The summed E-state index contributed by atoms with van der Waals surface area (Å²) in [4.78, 5) is 0. The maximum atomic E-state index is 5.15. The van der Waals surface area contributed by atoms with Crippen molar-refractivity contribution in [2.45, 2.75) is 6.92 Å². The highest BCUT2D eigenvalue weighted by molar-refractivity contribution is 5.62. The maximum absolute atomic E-state index is 5.15. The quantitative estimate of drug-likeness (QED) is 0.606. The summed E-state index contributed by atoms with van der Waals surface area (Å²) in [7, 11) is 0. The SMILES string of the molecule is C=Cc1occ(C)c1C=C. The Morgan fingerprint density at radius 3 is 2.50 bits per heavy atom. The first-order valence-electron chi connectivity index (χ1n) is 3.12. The molecule has 10 heavy (non-hydrogen) atoms. The summed E-state index contributed by atoms with van der Waals surface area (Å²) >= 11 is 0. The second-order valence-electron chi connectivity index (χ2n) is 2.10. The van der Waals surface area contributed by atoms with E-state index >= 15 is 0 Å². The fraction of sp³-hybridized carbons (Fsp3) is 0.111. The zero-order valence-corrected chi connectivity index (χ0v) is 6.05. The Balaban J connectivity index is 3.25. The molecule has 1 nitrogen and oxygen atoms in total. The third-order valence-electron chi connectivity index (χ3n) is 1.44. The molecule has 1 aromatic heterocycles. The van der Waals surface area contributed by atoms with Crippen LogP contribution in [0.5, 0.6) is 0 Å². The summed E-state index contributed by atoms with van der Waals surface area (Å²) in [6.07, 6.45) is 5.16. The van der Waals surface area contributed by atoms with Gasteiger partial charge in [0.1, 0.15) is 5.76 Å². The standard InChI is InChI=1S/C9H10O/c1-4-8-7(3)6-10-9(8)5-2/h4-6H,1-2H2,3H3. The highest BCUT2D eigenvalue weighted by atomic mass is 16.3. The van der Waals surface area contributed by atoms with Gasteiger partial charge in [-0.2, -0.15) is 0 Å². The fourth-order valence-corrected chi connectivity index (χ4v) is 0.893. The molecule has 0 radical (unpaired) electrons. The molecule has 0 aliphatic rings. The third kappa shape index (κ3) is 0.903. The first-order valence-corrected chi connectivity index (χ1v) is 3.12. The lowest BCUT2D eigenvalue weighted by molar-refractivity contribution is 0.555. The van der Waals surface area contributed by atoms with Gasteiger partial charge in [0, 0.05) is 5.56 Å². The lowest BCUT2D eigenvalue weighted by Gasteiger charge is -1.88. The molecule has 0 aliphatic carbocycles. The predicted octanol–water partition coefficient (Wildman–Crippen LogP) is 2.87. The largest absolute Gasteiger partial charge is 0.464 e. The smallest absolute Gasteiger partial charge is 0.133 e. The Kier molecular flexibility index (Phi) is 1.76. The van der Waals surface area contributed by atoms with Crippen LogP contribution < -0.4 is 0 Å². The van der Waals surface area contributed by atoms with Crippen LogP contribution in [0.4, 0.5) is 0 Å². The molecule has 0 bridgehead atoms. The number of aryl methyl sites for hydroxylation is 1. The first-order chi connectivity index (χ1) is 4.79. The molecule has 0 aromatic carbocycles. The van der Waals surface area contributed by atoms with Crippen molar-refractivity contribution in [1.29, 1.82) is 0 Å². The Labute approximate surface area is 60.7 Å². The van der Waals surface area contributed by atoms with Crippen LogP contribution in [0.2, 0.25) is 0 Å². The van der Waals surface area contributed by atoms with E-state index in [0.29, 0.717) is 0 Å². The number of hydrogen-bond donors (Lipinski definition) is 0. The summed E-state index contributed by atoms with van der Waals surface area (Å²) in [5.74, 6) is 0.799. The average molecular weight is 134 g/mol. The van der Waals surface area contributed by atoms with Crippen molar-refractivity contribution in [3.8, 4) is 0 Å². The topological polar surface area (TPSA) is 13.1 Å². The van der Waals surface area contributed by atoms with Crippen LogP contribution in [0.1, 0.15) is 16.9 Å². The highest BCUT2D eigenvalue weighted by Gasteiger charge is 2.01. The van der Waals surface area contributed by atoms with Crippen LogP contribution in [0.25, 0.3) is 12.2 Å². The minimum absolute atomic E-state index is 0.799. The van der Waals surface area contributed by atoms with Gasteiger partial charge in [-0.15, -0.1) is 0 Å². The monoisotopic (exact) mass is 134 g/mol. The van der Waals surface area contributed by atoms with Crippen molar-refractivity contribution >= 4 is 12.2 Å². The van der Waals surface area contributed by atoms with E-state index in [1.807, 2.05) is 6.92 Å². The number of rotatable bonds is 2. The molecule has 0 N–H and O–H groups in total. The van der Waals surface area contributed by atoms with Gasteiger partial charge in [0.25, 0.3) is 0 Å². The Hall–Kier alpha value is -1.24. The second-order valence-corrected chi connectivity index (χ2v) is 2.10. The van der Waals surface area contributed by atoms with Gasteiger partial charge in [-0.1, -0.05) is 19.2 Å². The van der Waals surface area contributed by atoms with Gasteiger partial charge in [0.2, 0.25) is 0 Å². The molecule has 1 rings (SSSR count). The molecule has 0 spiro atoms. The van der Waals surface area contributed by atoms with E-state index in [2.05, 4.69) is 13.2 Å². The maximum Gasteiger partial charge on any atom is 0.133 e. The second kappa shape index (κ2) is 2.56. The molecule has 1 heteroatoms. The van der Waals surface area contributed by atoms with Crippen LogP contribution in [0.15, 0.2) is 23.8 Å². The first kappa shape index (κ1) is 6.87. The van der Waals surface area contributed by atoms with Crippen molar-refractivity contribution in [2.75, 3.05) is 0 Å². The Morgan fingerprint density at radius 2 is 2.10 bits per heavy atom. The van der Waals surface area contributed by atoms with Crippen LogP contribution in [0.3, 0.4) is 0 Å². The highest BCUT2D eigenvalue weighted by Crippen LogP contribution is 2.17. The van der Waals surface area contributed by atoms with E-state index in [-0.39, 0.29) is 0 Å². The summed E-state index contributed by atoms with van der Waals surface area (Å²) in [6, 6.07) is 0. The number of furan rings is 1. The van der Waals surface area contributed by atoms with Gasteiger partial charge in [-0.3, -0.25) is 0 Å². The lowest BCUT2D eigenvalue weighted by Crippen LogP contribution is -1.72. The molecule has 0 fully saturated rings. The molecular weight excluding hydrogens is 124 g/mol. The molecule has 1 aromatic rings. The van der Waals surface area contributed by atoms with Crippen molar-refractivity contribution in [3.05, 3.63) is 36.3 Å². The van der Waals surface area contributed by atoms with E-state index in [1.165, 1.54) is 0 Å². The van der Waals surface area contributed by atoms with Gasteiger partial charge in [-0.05, 0) is 18.6 Å². The molecular formula is C9H10O. The van der Waals surface area contributed by atoms with Crippen molar-refractivity contribution in [2.24, 2.45) is 0 Å². The van der Waals surface area contributed by atoms with E-state index < -0.39 is 0 Å². The minimum Gasteiger partial charge on any atom is -0.464 e. The molecule has 0 saturated heterocycles. The molecule has 0 atom stereocenters. The molecule has 1 heterocycles. The summed E-state index contributed by atoms with van der Waals surface area (Å²) in [5.41, 5.74) is 2.14. The molecule has 52 valence electrons. The zero-order valence-electron chi connectivity index (χ0n) is 6.05. The zero-order chi connectivity index (χ0) is 7.56. The third-order valence-corrected chi connectivity index (χ3v) is 1.44. The molecule has 0 unspecified atom stereocenters. The van der Waals surface area contributed by atoms with Crippen LogP contribution in [-0.2, 0) is 0 Å². The van der Waals surface area contributed by atoms with Crippen LogP contribution >= 0.6 is 0 Å². The summed E-state index contributed by atoms with van der Waals surface area (Å²) in [5, 5.41) is 0. The molecule has 0 amide bonds. The minimum atomic E-state index is 0.799. The van der Waals surface area contributed by atoms with E-state index in [9.17, 15) is 0 Å². The van der Waals surface area contributed by atoms with E-state index in [1.54, 1.807) is 18.4 Å². The normalized spacial score (nSPS) is 9.30. The Bertz CT molecular complexity index is 256. The van der Waals surface area contributed by atoms with E-state index in [4.69, 9.17) is 4.42 Å². The average Bonchev–Trinajstić information content (AvgIpc) is 2.30. The van der Waals surface area contributed by atoms with Gasteiger partial charge in [0.15, 0.2) is 0 Å². The van der Waals surface area contributed by atoms with Gasteiger partial charge in [0.05, 0.1) is 6.26 Å². The van der Waals surface area contributed by atoms with Crippen molar-refractivity contribution in [3.63, 3.8) is 0 Å². The summed E-state index contributed by atoms with van der Waals surface area (Å²) < 4.78 is 5.15. The predicted molar refractivity (Wildman–Crippen MR) is 43.6 cm³/mol.